The lowest BCUT2D eigenvalue weighted by atomic mass is 10.2. The number of primary sulfonamides is 1. The van der Waals surface area contributed by atoms with Gasteiger partial charge in [0.1, 0.15) is 10.6 Å². The fraction of sp³-hybridized carbons (Fsp3) is 0.286. The fourth-order valence-electron chi connectivity index (χ4n) is 1.01. The second-order valence-electron chi connectivity index (χ2n) is 2.95. The number of alkyl halides is 5. The summed E-state index contributed by atoms with van der Waals surface area (Å²) >= 11 is 0. The third kappa shape index (κ3) is 3.09. The van der Waals surface area contributed by atoms with Gasteiger partial charge in [-0.3, -0.25) is 4.98 Å². The van der Waals surface area contributed by atoms with Crippen molar-refractivity contribution in [3.63, 3.8) is 0 Å². The van der Waals surface area contributed by atoms with Crippen molar-refractivity contribution in [3.8, 4) is 0 Å². The van der Waals surface area contributed by atoms with Crippen LogP contribution in [-0.2, 0) is 16.2 Å². The Morgan fingerprint density at radius 3 is 2.18 bits per heavy atom. The molecule has 0 spiro atoms. The summed E-state index contributed by atoms with van der Waals surface area (Å²) in [6.07, 6.45) is -8.26. The van der Waals surface area contributed by atoms with Gasteiger partial charge in [-0.15, -0.1) is 0 Å². The lowest BCUT2D eigenvalue weighted by molar-refractivity contribution is -0.140. The van der Waals surface area contributed by atoms with E-state index in [1.54, 1.807) is 0 Å². The first-order chi connectivity index (χ1) is 7.53. The van der Waals surface area contributed by atoms with Gasteiger partial charge in [0.05, 0.1) is 5.56 Å². The molecule has 96 valence electrons. The van der Waals surface area contributed by atoms with E-state index in [0.717, 1.165) is 0 Å². The van der Waals surface area contributed by atoms with E-state index in [-0.39, 0.29) is 6.07 Å². The minimum absolute atomic E-state index is 0.0316. The van der Waals surface area contributed by atoms with Gasteiger partial charge in [-0.25, -0.2) is 22.3 Å². The Hall–Kier alpha value is -1.29. The minimum atomic E-state index is -5.14. The molecule has 10 heteroatoms. The molecule has 0 atom stereocenters. The van der Waals surface area contributed by atoms with Gasteiger partial charge in [-0.1, -0.05) is 0 Å². The molecule has 0 aromatic carbocycles. The van der Waals surface area contributed by atoms with E-state index in [4.69, 9.17) is 0 Å². The number of hydrogen-bond donors (Lipinski definition) is 1. The smallest absolute Gasteiger partial charge is 0.253 e. The van der Waals surface area contributed by atoms with Gasteiger partial charge in [0.25, 0.3) is 6.43 Å². The lowest BCUT2D eigenvalue weighted by Gasteiger charge is -2.12. The van der Waals surface area contributed by atoms with Crippen molar-refractivity contribution in [3.05, 3.63) is 23.5 Å². The average Bonchev–Trinajstić information content (AvgIpc) is 2.14. The molecule has 0 aliphatic heterocycles. The van der Waals surface area contributed by atoms with Crippen LogP contribution in [0.15, 0.2) is 17.2 Å². The molecule has 0 aliphatic rings. The van der Waals surface area contributed by atoms with E-state index < -0.39 is 38.8 Å². The van der Waals surface area contributed by atoms with E-state index >= 15 is 0 Å². The highest BCUT2D eigenvalue weighted by Gasteiger charge is 2.37. The molecule has 1 aromatic rings. The Bertz CT molecular complexity index is 526. The zero-order valence-corrected chi connectivity index (χ0v) is 8.69. The molecule has 0 amide bonds. The monoisotopic (exact) mass is 276 g/mol. The summed E-state index contributed by atoms with van der Waals surface area (Å²) in [5, 5.41) is 4.57. The Kier molecular flexibility index (Phi) is 3.39. The third-order valence-electron chi connectivity index (χ3n) is 1.73. The Morgan fingerprint density at radius 1 is 1.29 bits per heavy atom. The number of nitrogens with zero attached hydrogens (tertiary/aromatic N) is 1. The van der Waals surface area contributed by atoms with Gasteiger partial charge >= 0.3 is 6.18 Å². The summed E-state index contributed by atoms with van der Waals surface area (Å²) in [6.45, 7) is 0. The van der Waals surface area contributed by atoms with Crippen LogP contribution in [0, 0.1) is 0 Å². The number of halogens is 5. The number of hydrogen-bond acceptors (Lipinski definition) is 3. The maximum absolute atomic E-state index is 12.4. The highest BCUT2D eigenvalue weighted by atomic mass is 32.2. The molecule has 4 nitrogen and oxygen atoms in total. The predicted octanol–water partition coefficient (Wildman–Crippen LogP) is 1.69. The van der Waals surface area contributed by atoms with Crippen LogP contribution < -0.4 is 5.14 Å². The second-order valence-corrected chi connectivity index (χ2v) is 4.51. The van der Waals surface area contributed by atoms with Crippen LogP contribution in [0.25, 0.3) is 0 Å². The highest BCUT2D eigenvalue weighted by Crippen LogP contribution is 2.36. The molecule has 0 aliphatic carbocycles. The molecule has 1 heterocycles. The molecule has 0 radical (unpaired) electrons. The van der Waals surface area contributed by atoms with Crippen molar-refractivity contribution in [2.45, 2.75) is 17.5 Å². The fourth-order valence-corrected chi connectivity index (χ4v) is 1.49. The zero-order valence-electron chi connectivity index (χ0n) is 7.87. The Labute approximate surface area is 92.3 Å². The standard InChI is InChI=1S/C7H5F5N2O2S/c8-6(9)5-4(7(10,11)12)1-3(2-14-5)17(13,15)16/h1-2,6H,(H2,13,15,16). The number of aromatic nitrogens is 1. The maximum Gasteiger partial charge on any atom is 0.418 e. The summed E-state index contributed by atoms with van der Waals surface area (Å²) in [5.41, 5.74) is -3.36. The van der Waals surface area contributed by atoms with Gasteiger partial charge in [0, 0.05) is 6.20 Å². The molecule has 2 N–H and O–H groups in total. The first kappa shape index (κ1) is 13.8. The number of rotatable bonds is 2. The Morgan fingerprint density at radius 2 is 1.82 bits per heavy atom. The number of pyridine rings is 1. The quantitative estimate of drug-likeness (QED) is 0.835. The molecule has 1 aromatic heterocycles. The van der Waals surface area contributed by atoms with E-state index in [1.165, 1.54) is 0 Å². The normalized spacial score (nSPS) is 13.1. The summed E-state index contributed by atoms with van der Waals surface area (Å²) in [4.78, 5) is 1.80. The Balaban J connectivity index is 3.51. The van der Waals surface area contributed by atoms with Crippen LogP contribution in [0.5, 0.6) is 0 Å². The second kappa shape index (κ2) is 4.18. The van der Waals surface area contributed by atoms with Crippen molar-refractivity contribution >= 4 is 10.0 Å². The van der Waals surface area contributed by atoms with Gasteiger partial charge in [0.2, 0.25) is 10.0 Å². The van der Waals surface area contributed by atoms with E-state index in [1.807, 2.05) is 0 Å². The number of nitrogens with two attached hydrogens (primary N) is 1. The van der Waals surface area contributed by atoms with Crippen LogP contribution in [0.2, 0.25) is 0 Å². The minimum Gasteiger partial charge on any atom is -0.253 e. The van der Waals surface area contributed by atoms with Crippen LogP contribution in [0.4, 0.5) is 22.0 Å². The molecule has 0 fully saturated rings. The van der Waals surface area contributed by atoms with Crippen LogP contribution >= 0.6 is 0 Å². The molecule has 0 unspecified atom stereocenters. The predicted molar refractivity (Wildman–Crippen MR) is 45.6 cm³/mol. The van der Waals surface area contributed by atoms with Gasteiger partial charge in [0.15, 0.2) is 0 Å². The van der Waals surface area contributed by atoms with E-state index in [0.29, 0.717) is 6.20 Å². The topological polar surface area (TPSA) is 73.1 Å². The average molecular weight is 276 g/mol. The highest BCUT2D eigenvalue weighted by molar-refractivity contribution is 7.89. The molecule has 0 bridgehead atoms. The molecular formula is C7H5F5N2O2S. The van der Waals surface area contributed by atoms with Gasteiger partial charge < -0.3 is 0 Å². The summed E-state index contributed by atoms with van der Waals surface area (Å²) in [5.74, 6) is 0. The molecule has 0 saturated carbocycles. The van der Waals surface area contributed by atoms with Crippen molar-refractivity contribution in [2.75, 3.05) is 0 Å². The molecule has 0 saturated heterocycles. The number of sulfonamides is 1. The molecular weight excluding hydrogens is 271 g/mol. The van der Waals surface area contributed by atoms with Crippen LogP contribution in [0.3, 0.4) is 0 Å². The largest absolute Gasteiger partial charge is 0.418 e. The van der Waals surface area contributed by atoms with Crippen LogP contribution in [-0.4, -0.2) is 13.4 Å². The lowest BCUT2D eigenvalue weighted by Crippen LogP contribution is -2.17. The third-order valence-corrected chi connectivity index (χ3v) is 2.61. The summed E-state index contributed by atoms with van der Waals surface area (Å²) in [6, 6.07) is 0.0316. The maximum atomic E-state index is 12.4. The van der Waals surface area contributed by atoms with Gasteiger partial charge in [-0.2, -0.15) is 13.2 Å². The molecule has 17 heavy (non-hydrogen) atoms. The summed E-state index contributed by atoms with van der Waals surface area (Å²) in [7, 11) is -4.44. The molecule has 1 rings (SSSR count). The van der Waals surface area contributed by atoms with E-state index in [2.05, 4.69) is 10.1 Å². The van der Waals surface area contributed by atoms with Gasteiger partial charge in [-0.05, 0) is 6.07 Å². The van der Waals surface area contributed by atoms with E-state index in [9.17, 15) is 30.4 Å². The van der Waals surface area contributed by atoms with Crippen molar-refractivity contribution in [1.29, 1.82) is 0 Å². The zero-order chi connectivity index (χ0) is 13.4. The SMILES string of the molecule is NS(=O)(=O)c1cnc(C(F)F)c(C(F)(F)F)c1. The first-order valence-corrected chi connectivity index (χ1v) is 5.46. The van der Waals surface area contributed by atoms with Crippen LogP contribution in [0.1, 0.15) is 17.7 Å². The van der Waals surface area contributed by atoms with Crippen molar-refractivity contribution in [1.82, 2.24) is 4.98 Å². The van der Waals surface area contributed by atoms with Crippen molar-refractivity contribution in [2.24, 2.45) is 5.14 Å². The summed E-state index contributed by atoms with van der Waals surface area (Å²) < 4.78 is 83.1. The van der Waals surface area contributed by atoms with Crippen molar-refractivity contribution < 1.29 is 30.4 Å². The first-order valence-electron chi connectivity index (χ1n) is 3.91.